The number of benzene rings is 2. The van der Waals surface area contributed by atoms with Crippen LogP contribution in [-0.2, 0) is 17.6 Å². The highest BCUT2D eigenvalue weighted by Crippen LogP contribution is 2.25. The van der Waals surface area contributed by atoms with Gasteiger partial charge in [-0.05, 0) is 73.6 Å². The number of carbonyl (C=O) groups excluding carboxylic acids is 1. The molecule has 0 unspecified atom stereocenters. The van der Waals surface area contributed by atoms with Gasteiger partial charge in [-0.25, -0.2) is 0 Å². The largest absolute Gasteiger partial charge is 0.508 e. The topological polar surface area (TPSA) is 55.8 Å². The zero-order chi connectivity index (χ0) is 20.2. The van der Waals surface area contributed by atoms with E-state index in [1.54, 1.807) is 12.1 Å². The quantitative estimate of drug-likeness (QED) is 0.819. The molecule has 1 heterocycles. The fourth-order valence-electron chi connectivity index (χ4n) is 4.42. The molecule has 2 aromatic carbocycles. The van der Waals surface area contributed by atoms with Crippen LogP contribution in [0.25, 0.3) is 0 Å². The summed E-state index contributed by atoms with van der Waals surface area (Å²) < 4.78 is 0. The smallest absolute Gasteiger partial charge is 0.234 e. The van der Waals surface area contributed by atoms with E-state index < -0.39 is 0 Å². The van der Waals surface area contributed by atoms with E-state index in [2.05, 4.69) is 40.2 Å². The molecular formula is C24H31N3O2. The molecule has 1 amide bonds. The first-order chi connectivity index (χ1) is 14.1. The first-order valence-electron chi connectivity index (χ1n) is 10.8. The maximum atomic E-state index is 12.6. The summed E-state index contributed by atoms with van der Waals surface area (Å²) in [5.74, 6) is 0.380. The standard InChI is InChI=1S/C24H31N3O2/c1-18(20-7-6-19-4-2-3-5-21(19)16-20)25-24(29)17-26-12-14-27(15-13-26)22-8-10-23(28)11-9-22/h6-11,16,18,28H,2-5,12-15,17H2,1H3,(H,25,29)/t18-/m0/s1. The number of nitrogens with zero attached hydrogens (tertiary/aromatic N) is 2. The van der Waals surface area contributed by atoms with Crippen LogP contribution < -0.4 is 10.2 Å². The molecule has 5 nitrogen and oxygen atoms in total. The maximum absolute atomic E-state index is 12.6. The average molecular weight is 394 g/mol. The Kier molecular flexibility index (Phi) is 6.05. The van der Waals surface area contributed by atoms with Crippen molar-refractivity contribution in [3.05, 3.63) is 59.2 Å². The summed E-state index contributed by atoms with van der Waals surface area (Å²) in [6.45, 7) is 6.02. The van der Waals surface area contributed by atoms with E-state index in [9.17, 15) is 9.90 Å². The number of piperazine rings is 1. The van der Waals surface area contributed by atoms with Crippen molar-refractivity contribution in [2.24, 2.45) is 0 Å². The third kappa shape index (κ3) is 4.91. The van der Waals surface area contributed by atoms with Crippen LogP contribution in [0.5, 0.6) is 5.75 Å². The molecule has 2 aliphatic rings. The van der Waals surface area contributed by atoms with Crippen LogP contribution >= 0.6 is 0 Å². The third-order valence-corrected chi connectivity index (χ3v) is 6.20. The van der Waals surface area contributed by atoms with Crippen LogP contribution in [0.3, 0.4) is 0 Å². The van der Waals surface area contributed by atoms with E-state index >= 15 is 0 Å². The Morgan fingerprint density at radius 2 is 1.69 bits per heavy atom. The number of phenols is 1. The monoisotopic (exact) mass is 393 g/mol. The number of nitrogens with one attached hydrogen (secondary N) is 1. The van der Waals surface area contributed by atoms with Crippen molar-refractivity contribution in [3.63, 3.8) is 0 Å². The minimum Gasteiger partial charge on any atom is -0.508 e. The molecule has 0 radical (unpaired) electrons. The molecule has 29 heavy (non-hydrogen) atoms. The second-order valence-electron chi connectivity index (χ2n) is 8.30. The van der Waals surface area contributed by atoms with Crippen molar-refractivity contribution in [1.29, 1.82) is 0 Å². The number of amides is 1. The zero-order valence-corrected chi connectivity index (χ0v) is 17.2. The first-order valence-corrected chi connectivity index (χ1v) is 10.8. The number of anilines is 1. The highest BCUT2D eigenvalue weighted by atomic mass is 16.3. The van der Waals surface area contributed by atoms with E-state index in [0.29, 0.717) is 6.54 Å². The Morgan fingerprint density at radius 3 is 2.41 bits per heavy atom. The van der Waals surface area contributed by atoms with Gasteiger partial charge in [-0.15, -0.1) is 0 Å². The Morgan fingerprint density at radius 1 is 1.00 bits per heavy atom. The van der Waals surface area contributed by atoms with Gasteiger partial charge in [-0.3, -0.25) is 9.69 Å². The summed E-state index contributed by atoms with van der Waals surface area (Å²) in [4.78, 5) is 17.1. The first kappa shape index (κ1) is 19.8. The van der Waals surface area contributed by atoms with Gasteiger partial charge in [0.05, 0.1) is 12.6 Å². The molecule has 1 aliphatic heterocycles. The Labute approximate surface area is 173 Å². The number of hydrogen-bond acceptors (Lipinski definition) is 4. The lowest BCUT2D eigenvalue weighted by Gasteiger charge is -2.35. The van der Waals surface area contributed by atoms with Gasteiger partial charge in [0.2, 0.25) is 5.91 Å². The average Bonchev–Trinajstić information content (AvgIpc) is 2.74. The number of carbonyl (C=O) groups is 1. The highest BCUT2D eigenvalue weighted by Gasteiger charge is 2.20. The summed E-state index contributed by atoms with van der Waals surface area (Å²) in [7, 11) is 0. The van der Waals surface area contributed by atoms with Crippen LogP contribution in [0.4, 0.5) is 5.69 Å². The van der Waals surface area contributed by atoms with E-state index in [4.69, 9.17) is 0 Å². The van der Waals surface area contributed by atoms with Crippen LogP contribution in [0.15, 0.2) is 42.5 Å². The molecule has 154 valence electrons. The molecule has 1 aliphatic carbocycles. The summed E-state index contributed by atoms with van der Waals surface area (Å²) in [5, 5.41) is 12.6. The molecule has 5 heteroatoms. The number of phenolic OH excluding ortho intramolecular Hbond substituents is 1. The molecule has 0 saturated carbocycles. The molecule has 0 bridgehead atoms. The molecular weight excluding hydrogens is 362 g/mol. The van der Waals surface area contributed by atoms with Crippen molar-refractivity contribution in [2.45, 2.75) is 38.6 Å². The normalized spacial score (nSPS) is 18.2. The number of aryl methyl sites for hydroxylation is 2. The van der Waals surface area contributed by atoms with Gasteiger partial charge in [-0.1, -0.05) is 18.2 Å². The van der Waals surface area contributed by atoms with Crippen LogP contribution in [-0.4, -0.2) is 48.6 Å². The van der Waals surface area contributed by atoms with Crippen molar-refractivity contribution >= 4 is 11.6 Å². The molecule has 4 rings (SSSR count). The van der Waals surface area contributed by atoms with E-state index in [1.807, 2.05) is 12.1 Å². The van der Waals surface area contributed by atoms with Crippen LogP contribution in [0.1, 0.15) is 42.5 Å². The van der Waals surface area contributed by atoms with Gasteiger partial charge < -0.3 is 15.3 Å². The maximum Gasteiger partial charge on any atom is 0.234 e. The van der Waals surface area contributed by atoms with E-state index in [-0.39, 0.29) is 17.7 Å². The Bertz CT molecular complexity index is 842. The molecule has 1 saturated heterocycles. The zero-order valence-electron chi connectivity index (χ0n) is 17.2. The Hall–Kier alpha value is -2.53. The van der Waals surface area contributed by atoms with Gasteiger partial charge >= 0.3 is 0 Å². The summed E-state index contributed by atoms with van der Waals surface area (Å²) in [5.41, 5.74) is 5.26. The minimum atomic E-state index is 0.0352. The molecule has 0 spiro atoms. The van der Waals surface area contributed by atoms with Crippen molar-refractivity contribution in [2.75, 3.05) is 37.6 Å². The fraction of sp³-hybridized carbons (Fsp3) is 0.458. The van der Waals surface area contributed by atoms with Gasteiger partial charge in [0.15, 0.2) is 0 Å². The Balaban J connectivity index is 1.26. The third-order valence-electron chi connectivity index (χ3n) is 6.20. The van der Waals surface area contributed by atoms with Crippen molar-refractivity contribution < 1.29 is 9.90 Å². The lowest BCUT2D eigenvalue weighted by molar-refractivity contribution is -0.123. The lowest BCUT2D eigenvalue weighted by atomic mass is 9.89. The SMILES string of the molecule is C[C@H](NC(=O)CN1CCN(c2ccc(O)cc2)CC1)c1ccc2c(c1)CCCC2. The molecule has 1 atom stereocenters. The molecule has 2 N–H and O–H groups in total. The predicted molar refractivity (Wildman–Crippen MR) is 116 cm³/mol. The molecule has 2 aromatic rings. The molecule has 1 fully saturated rings. The van der Waals surface area contributed by atoms with Gasteiger partial charge in [0, 0.05) is 31.9 Å². The predicted octanol–water partition coefficient (Wildman–Crippen LogP) is 3.27. The minimum absolute atomic E-state index is 0.0352. The van der Waals surface area contributed by atoms with Crippen LogP contribution in [0, 0.1) is 0 Å². The summed E-state index contributed by atoms with van der Waals surface area (Å²) >= 11 is 0. The van der Waals surface area contributed by atoms with Gasteiger partial charge in [0.1, 0.15) is 5.75 Å². The van der Waals surface area contributed by atoms with Gasteiger partial charge in [0.25, 0.3) is 0 Å². The van der Waals surface area contributed by atoms with Crippen molar-refractivity contribution in [3.8, 4) is 5.75 Å². The number of fused-ring (bicyclic) bond motifs is 1. The second kappa shape index (κ2) is 8.87. The second-order valence-corrected chi connectivity index (χ2v) is 8.30. The highest BCUT2D eigenvalue weighted by molar-refractivity contribution is 5.78. The number of rotatable bonds is 5. The number of hydrogen-bond donors (Lipinski definition) is 2. The summed E-state index contributed by atoms with van der Waals surface area (Å²) in [6.07, 6.45) is 4.91. The van der Waals surface area contributed by atoms with E-state index in [0.717, 1.165) is 38.3 Å². The van der Waals surface area contributed by atoms with Crippen molar-refractivity contribution in [1.82, 2.24) is 10.2 Å². The fourth-order valence-corrected chi connectivity index (χ4v) is 4.42. The van der Waals surface area contributed by atoms with E-state index in [1.165, 1.54) is 36.0 Å². The van der Waals surface area contributed by atoms with Crippen LogP contribution in [0.2, 0.25) is 0 Å². The number of aromatic hydroxyl groups is 1. The summed E-state index contributed by atoms with van der Waals surface area (Å²) in [6, 6.07) is 14.1. The molecule has 0 aromatic heterocycles. The lowest BCUT2D eigenvalue weighted by Crippen LogP contribution is -2.49. The van der Waals surface area contributed by atoms with Gasteiger partial charge in [-0.2, -0.15) is 0 Å².